The summed E-state index contributed by atoms with van der Waals surface area (Å²) in [7, 11) is -0.854. The van der Waals surface area contributed by atoms with Crippen molar-refractivity contribution < 1.29 is 23.5 Å². The topological polar surface area (TPSA) is 65.1 Å². The zero-order chi connectivity index (χ0) is 30.7. The Balaban J connectivity index is 1.99. The molecule has 0 N–H and O–H groups in total. The van der Waals surface area contributed by atoms with Crippen LogP contribution >= 0.6 is 0 Å². The van der Waals surface area contributed by atoms with Gasteiger partial charge in [-0.25, -0.2) is 4.79 Å². The van der Waals surface area contributed by atoms with E-state index in [2.05, 4.69) is 94.2 Å². The Labute approximate surface area is 252 Å². The summed E-state index contributed by atoms with van der Waals surface area (Å²) in [5.41, 5.74) is 5.49. The Morgan fingerprint density at radius 1 is 0.976 bits per heavy atom. The number of hydrogen-bond acceptors (Lipinski definition) is 6. The van der Waals surface area contributed by atoms with Crippen LogP contribution in [0, 0.1) is 0 Å². The highest BCUT2D eigenvalue weighted by atomic mass is 28.4. The maximum atomic E-state index is 12.4. The molecular weight excluding hydrogens is 542 g/mol. The molecule has 6 nitrogen and oxygen atoms in total. The van der Waals surface area contributed by atoms with Crippen LogP contribution in [0.5, 0.6) is 0 Å². The van der Waals surface area contributed by atoms with Crippen molar-refractivity contribution in [3.05, 3.63) is 94.7 Å². The van der Waals surface area contributed by atoms with Gasteiger partial charge in [-0.2, -0.15) is 0 Å². The third-order valence-electron chi connectivity index (χ3n) is 9.18. The molecule has 0 unspecified atom stereocenters. The van der Waals surface area contributed by atoms with Gasteiger partial charge in [0, 0.05) is 25.1 Å². The molecule has 0 saturated heterocycles. The zero-order valence-corrected chi connectivity index (χ0v) is 27.5. The lowest BCUT2D eigenvalue weighted by Crippen LogP contribution is -2.52. The lowest BCUT2D eigenvalue weighted by atomic mass is 9.79. The van der Waals surface area contributed by atoms with Crippen LogP contribution in [0.15, 0.2) is 83.6 Å². The molecule has 2 aliphatic rings. The fourth-order valence-electron chi connectivity index (χ4n) is 5.98. The molecule has 0 amide bonds. The smallest absolute Gasteiger partial charge is 0.330 e. The highest BCUT2D eigenvalue weighted by Gasteiger charge is 2.47. The number of ether oxygens (including phenoxy) is 2. The summed E-state index contributed by atoms with van der Waals surface area (Å²) in [6.07, 6.45) is 4.09. The van der Waals surface area contributed by atoms with Crippen molar-refractivity contribution in [1.82, 2.24) is 4.90 Å². The quantitative estimate of drug-likeness (QED) is 0.176. The lowest BCUT2D eigenvalue weighted by molar-refractivity contribution is -0.151. The average Bonchev–Trinajstić information content (AvgIpc) is 2.94. The molecule has 1 heterocycles. The van der Waals surface area contributed by atoms with Crippen molar-refractivity contribution >= 4 is 20.3 Å². The van der Waals surface area contributed by atoms with Crippen LogP contribution < -0.4 is 0 Å². The summed E-state index contributed by atoms with van der Waals surface area (Å²) in [6.45, 7) is 15.0. The zero-order valence-electron chi connectivity index (χ0n) is 26.5. The second kappa shape index (κ2) is 13.0. The minimum atomic E-state index is -2.26. The predicted octanol–water partition coefficient (Wildman–Crippen LogP) is 8.05. The van der Waals surface area contributed by atoms with E-state index in [1.54, 1.807) is 6.08 Å². The maximum absolute atomic E-state index is 12.4. The molecule has 4 atom stereocenters. The van der Waals surface area contributed by atoms with Crippen molar-refractivity contribution in [2.24, 2.45) is 0 Å². The van der Waals surface area contributed by atoms with Gasteiger partial charge in [0.05, 0.1) is 25.3 Å². The Morgan fingerprint density at radius 3 is 2.12 bits per heavy atom. The van der Waals surface area contributed by atoms with Gasteiger partial charge < -0.3 is 18.8 Å². The highest BCUT2D eigenvalue weighted by Crippen LogP contribution is 2.51. The maximum Gasteiger partial charge on any atom is 0.330 e. The molecule has 2 aromatic rings. The Kier molecular flexibility index (Phi) is 9.83. The predicted molar refractivity (Wildman–Crippen MR) is 169 cm³/mol. The third-order valence-corrected chi connectivity index (χ3v) is 13.6. The number of rotatable bonds is 8. The Morgan fingerprint density at radius 2 is 1.57 bits per heavy atom. The van der Waals surface area contributed by atoms with Gasteiger partial charge in [-0.1, -0.05) is 81.4 Å². The van der Waals surface area contributed by atoms with Gasteiger partial charge in [-0.05, 0) is 66.6 Å². The summed E-state index contributed by atoms with van der Waals surface area (Å²) in [6, 6.07) is 20.7. The largest absolute Gasteiger partial charge is 0.466 e. The highest BCUT2D eigenvalue weighted by molar-refractivity contribution is 6.74. The first-order valence-corrected chi connectivity index (χ1v) is 18.0. The summed E-state index contributed by atoms with van der Waals surface area (Å²) in [4.78, 5) is 27.2. The molecule has 0 spiro atoms. The first-order chi connectivity index (χ1) is 19.8. The van der Waals surface area contributed by atoms with E-state index < -0.39 is 8.32 Å². The second-order valence-corrected chi connectivity index (χ2v) is 17.8. The van der Waals surface area contributed by atoms with Crippen LogP contribution in [0.4, 0.5) is 0 Å². The van der Waals surface area contributed by atoms with Crippen LogP contribution in [0.25, 0.3) is 0 Å². The number of carbonyl (C=O) groups is 2. The molecule has 0 aromatic heterocycles. The van der Waals surface area contributed by atoms with Gasteiger partial charge in [-0.15, -0.1) is 0 Å². The van der Waals surface area contributed by atoms with Crippen molar-refractivity contribution in [3.63, 3.8) is 0 Å². The van der Waals surface area contributed by atoms with Gasteiger partial charge >= 0.3 is 11.9 Å². The van der Waals surface area contributed by atoms with Crippen LogP contribution in [0.3, 0.4) is 0 Å². The number of methoxy groups -OCH3 is 1. The summed E-state index contributed by atoms with van der Waals surface area (Å²) < 4.78 is 18.4. The minimum absolute atomic E-state index is 0.000741. The van der Waals surface area contributed by atoms with Gasteiger partial charge in [0.1, 0.15) is 6.10 Å². The van der Waals surface area contributed by atoms with E-state index >= 15 is 0 Å². The molecule has 0 saturated carbocycles. The van der Waals surface area contributed by atoms with E-state index in [-0.39, 0.29) is 41.3 Å². The number of allylic oxidation sites excluding steroid dienone is 2. The number of nitrogens with zero attached hydrogens (tertiary/aromatic N) is 1. The van der Waals surface area contributed by atoms with E-state index in [1.807, 2.05) is 12.1 Å². The Bertz CT molecular complexity index is 1310. The molecule has 4 rings (SSSR count). The summed E-state index contributed by atoms with van der Waals surface area (Å²) in [5, 5.41) is 0.000741. The lowest BCUT2D eigenvalue weighted by Gasteiger charge is -2.52. The van der Waals surface area contributed by atoms with E-state index in [4.69, 9.17) is 13.9 Å². The van der Waals surface area contributed by atoms with Crippen LogP contribution in [0.2, 0.25) is 18.1 Å². The van der Waals surface area contributed by atoms with E-state index in [1.165, 1.54) is 19.7 Å². The second-order valence-electron chi connectivity index (χ2n) is 13.0. The summed E-state index contributed by atoms with van der Waals surface area (Å²) >= 11 is 0. The van der Waals surface area contributed by atoms with Gasteiger partial charge in [0.25, 0.3) is 0 Å². The molecule has 7 heteroatoms. The Hall–Kier alpha value is -3.16. The summed E-state index contributed by atoms with van der Waals surface area (Å²) in [5.74, 6) is -0.672. The number of benzene rings is 2. The first-order valence-electron chi connectivity index (χ1n) is 15.1. The minimum Gasteiger partial charge on any atom is -0.466 e. The van der Waals surface area contributed by atoms with Crippen molar-refractivity contribution in [1.29, 1.82) is 0 Å². The molecule has 226 valence electrons. The molecule has 1 aliphatic heterocycles. The number of hydrogen-bond donors (Lipinski definition) is 0. The van der Waals surface area contributed by atoms with Crippen LogP contribution in [-0.2, 0) is 23.5 Å². The monoisotopic (exact) mass is 589 g/mol. The van der Waals surface area contributed by atoms with E-state index in [9.17, 15) is 9.59 Å². The average molecular weight is 590 g/mol. The van der Waals surface area contributed by atoms with Crippen LogP contribution in [0.1, 0.15) is 83.6 Å². The first kappa shape index (κ1) is 31.8. The molecular formula is C35H47NO5Si. The molecule has 2 aromatic carbocycles. The van der Waals surface area contributed by atoms with Crippen molar-refractivity contribution in [2.45, 2.75) is 103 Å². The third kappa shape index (κ3) is 6.89. The molecule has 42 heavy (non-hydrogen) atoms. The van der Waals surface area contributed by atoms with Gasteiger partial charge in [0.2, 0.25) is 0 Å². The number of esters is 2. The SMILES string of the molecule is COC(=O)/C=C1\CCCC2=C1C[C@@H](OC(C)=O)[C@H](C)N2[C@@H](c1ccccc1)[C@H](O[Si](C)(C)C(C)(C)C)c1ccccc1. The van der Waals surface area contributed by atoms with Gasteiger partial charge in [0.15, 0.2) is 8.32 Å². The molecule has 0 bridgehead atoms. The molecule has 0 radical (unpaired) electrons. The van der Waals surface area contributed by atoms with Gasteiger partial charge in [-0.3, -0.25) is 4.79 Å². The van der Waals surface area contributed by atoms with Crippen molar-refractivity contribution in [2.75, 3.05) is 7.11 Å². The number of carbonyl (C=O) groups excluding carboxylic acids is 2. The normalized spacial score (nSPS) is 21.9. The standard InChI is InChI=1S/C35H47NO5Si/c1-24-31(40-25(2)37)23-29-28(22-32(38)39-6)20-15-21-30(29)36(24)33(26-16-11-9-12-17-26)34(27-18-13-10-14-19-27)41-42(7,8)35(3,4)5/h9-14,16-19,22,24,31,33-34H,15,20-21,23H2,1-8H3/b28-22+/t24-,31+,33-,34+/m0/s1. The van der Waals surface area contributed by atoms with Crippen molar-refractivity contribution in [3.8, 4) is 0 Å². The molecule has 0 fully saturated rings. The van der Waals surface area contributed by atoms with E-state index in [0.717, 1.165) is 41.5 Å². The van der Waals surface area contributed by atoms with E-state index in [0.29, 0.717) is 6.42 Å². The fraction of sp³-hybridized carbons (Fsp3) is 0.486. The molecule has 1 aliphatic carbocycles. The fourth-order valence-corrected chi connectivity index (χ4v) is 7.24. The van der Waals surface area contributed by atoms with Crippen LogP contribution in [-0.4, -0.2) is 44.4 Å².